The van der Waals surface area contributed by atoms with Gasteiger partial charge in [0, 0.05) is 6.42 Å². The molecule has 5 rings (SSSR count). The van der Waals surface area contributed by atoms with Crippen molar-refractivity contribution < 1.29 is 20.1 Å². The van der Waals surface area contributed by atoms with Crippen molar-refractivity contribution in [2.45, 2.75) is 102 Å². The van der Waals surface area contributed by atoms with Crippen molar-refractivity contribution in [2.75, 3.05) is 0 Å². The van der Waals surface area contributed by atoms with Gasteiger partial charge in [0.25, 0.3) is 0 Å². The third-order valence-electron chi connectivity index (χ3n) is 9.46. The minimum atomic E-state index is -0.626. The zero-order chi connectivity index (χ0) is 21.9. The Bertz CT molecular complexity index is 780. The lowest BCUT2D eigenvalue weighted by atomic mass is 9.60. The Hall–Kier alpha value is -0.940. The average Bonchev–Trinajstić information content (AvgIpc) is 3.64. The molecule has 0 radical (unpaired) electrons. The summed E-state index contributed by atoms with van der Waals surface area (Å²) in [4.78, 5) is 0. The standard InChI is InChI=1S/C27H40O4/c1-15-19(13-20(28)14-23(15)29)9-6-17-5-4-12-27(3)21(10-11-22(17)27)16(2)25-26(31-25)24(30)18-7-8-18/h6,9,16,18,20-26,28-30H,1,4-5,7-8,10-14H2,2-3H3/b17-6-,19-9+/t16?,20-,21-,22?,23+,24?,25?,26?,27-/m1/s1. The first-order valence-electron chi connectivity index (χ1n) is 12.6. The lowest BCUT2D eigenvalue weighted by molar-refractivity contribution is 0.0847. The van der Waals surface area contributed by atoms with E-state index in [1.165, 1.54) is 31.3 Å². The van der Waals surface area contributed by atoms with Crippen molar-refractivity contribution in [2.24, 2.45) is 29.1 Å². The lowest BCUT2D eigenvalue weighted by Crippen LogP contribution is -2.38. The van der Waals surface area contributed by atoms with E-state index in [1.807, 2.05) is 0 Å². The van der Waals surface area contributed by atoms with Crippen LogP contribution in [0.25, 0.3) is 0 Å². The normalized spacial score (nSPS) is 47.5. The molecule has 0 aromatic rings. The number of fused-ring (bicyclic) bond motifs is 1. The van der Waals surface area contributed by atoms with Crippen molar-refractivity contribution in [3.8, 4) is 0 Å². The van der Waals surface area contributed by atoms with Crippen LogP contribution in [-0.2, 0) is 4.74 Å². The fraction of sp³-hybridized carbons (Fsp3) is 0.778. The number of ether oxygens (including phenoxy) is 1. The molecule has 172 valence electrons. The molecule has 9 atom stereocenters. The summed E-state index contributed by atoms with van der Waals surface area (Å²) in [6, 6.07) is 0. The molecule has 4 nitrogen and oxygen atoms in total. The minimum absolute atomic E-state index is 0.0728. The van der Waals surface area contributed by atoms with Crippen LogP contribution in [0.3, 0.4) is 0 Å². The number of epoxide rings is 1. The fourth-order valence-electron chi connectivity index (χ4n) is 7.38. The van der Waals surface area contributed by atoms with Crippen LogP contribution in [-0.4, -0.2) is 45.8 Å². The highest BCUT2D eigenvalue weighted by Crippen LogP contribution is 2.61. The monoisotopic (exact) mass is 428 g/mol. The predicted octanol–water partition coefficient (Wildman–Crippen LogP) is 4.30. The van der Waals surface area contributed by atoms with Gasteiger partial charge in [-0.1, -0.05) is 38.2 Å². The summed E-state index contributed by atoms with van der Waals surface area (Å²) in [5.74, 6) is 2.22. The summed E-state index contributed by atoms with van der Waals surface area (Å²) in [6.45, 7) is 8.91. The van der Waals surface area contributed by atoms with Crippen LogP contribution in [0.1, 0.15) is 71.6 Å². The molecule has 0 amide bonds. The van der Waals surface area contributed by atoms with Gasteiger partial charge in [0.05, 0.1) is 24.4 Å². The molecule has 5 aliphatic rings. The highest BCUT2D eigenvalue weighted by molar-refractivity contribution is 5.38. The second-order valence-corrected chi connectivity index (χ2v) is 11.4. The largest absolute Gasteiger partial charge is 0.393 e. The number of rotatable bonds is 5. The van der Waals surface area contributed by atoms with E-state index in [-0.39, 0.29) is 18.3 Å². The van der Waals surface area contributed by atoms with Crippen LogP contribution in [0, 0.1) is 29.1 Å². The molecule has 4 saturated carbocycles. The van der Waals surface area contributed by atoms with Crippen molar-refractivity contribution in [3.63, 3.8) is 0 Å². The first-order chi connectivity index (χ1) is 14.8. The fourth-order valence-corrected chi connectivity index (χ4v) is 7.38. The number of hydrogen-bond donors (Lipinski definition) is 3. The van der Waals surface area contributed by atoms with Crippen LogP contribution < -0.4 is 0 Å². The molecule has 0 bridgehead atoms. The van der Waals surface area contributed by atoms with Gasteiger partial charge in [0.2, 0.25) is 0 Å². The molecule has 1 aliphatic heterocycles. The Balaban J connectivity index is 1.30. The molecule has 1 heterocycles. The van der Waals surface area contributed by atoms with Crippen LogP contribution >= 0.6 is 0 Å². The highest BCUT2D eigenvalue weighted by Gasteiger charge is 2.58. The first-order valence-corrected chi connectivity index (χ1v) is 12.6. The zero-order valence-corrected chi connectivity index (χ0v) is 19.2. The number of aliphatic hydroxyl groups excluding tert-OH is 3. The van der Waals surface area contributed by atoms with Gasteiger partial charge in [-0.2, -0.15) is 0 Å². The van der Waals surface area contributed by atoms with Crippen LogP contribution in [0.15, 0.2) is 35.5 Å². The van der Waals surface area contributed by atoms with Crippen molar-refractivity contribution in [1.82, 2.24) is 0 Å². The highest BCUT2D eigenvalue weighted by atomic mass is 16.6. The Morgan fingerprint density at radius 1 is 1.13 bits per heavy atom. The van der Waals surface area contributed by atoms with E-state index >= 15 is 0 Å². The molecule has 31 heavy (non-hydrogen) atoms. The maximum atomic E-state index is 10.5. The molecule has 0 spiro atoms. The van der Waals surface area contributed by atoms with E-state index in [0.29, 0.717) is 41.9 Å². The summed E-state index contributed by atoms with van der Waals surface area (Å²) in [7, 11) is 0. The van der Waals surface area contributed by atoms with Gasteiger partial charge in [-0.15, -0.1) is 0 Å². The minimum Gasteiger partial charge on any atom is -0.393 e. The van der Waals surface area contributed by atoms with Gasteiger partial charge < -0.3 is 20.1 Å². The van der Waals surface area contributed by atoms with E-state index in [2.05, 4.69) is 32.6 Å². The summed E-state index contributed by atoms with van der Waals surface area (Å²) in [5, 5.41) is 30.7. The zero-order valence-electron chi connectivity index (χ0n) is 19.2. The van der Waals surface area contributed by atoms with E-state index < -0.39 is 12.2 Å². The number of aliphatic hydroxyl groups is 3. The van der Waals surface area contributed by atoms with Gasteiger partial charge in [-0.25, -0.2) is 0 Å². The Labute approximate surface area is 187 Å². The van der Waals surface area contributed by atoms with Crippen molar-refractivity contribution in [3.05, 3.63) is 35.5 Å². The van der Waals surface area contributed by atoms with Crippen molar-refractivity contribution >= 4 is 0 Å². The van der Waals surface area contributed by atoms with E-state index in [0.717, 1.165) is 30.4 Å². The van der Waals surface area contributed by atoms with Crippen LogP contribution in [0.2, 0.25) is 0 Å². The second-order valence-electron chi connectivity index (χ2n) is 11.4. The maximum Gasteiger partial charge on any atom is 0.111 e. The van der Waals surface area contributed by atoms with Gasteiger partial charge in [0.1, 0.15) is 6.10 Å². The molecule has 0 aromatic carbocycles. The Morgan fingerprint density at radius 3 is 2.65 bits per heavy atom. The van der Waals surface area contributed by atoms with E-state index in [4.69, 9.17) is 4.74 Å². The van der Waals surface area contributed by atoms with Crippen LogP contribution in [0.5, 0.6) is 0 Å². The molecular formula is C27H40O4. The summed E-state index contributed by atoms with van der Waals surface area (Å²) < 4.78 is 6.03. The third-order valence-corrected chi connectivity index (χ3v) is 9.46. The van der Waals surface area contributed by atoms with E-state index in [9.17, 15) is 15.3 Å². The lowest BCUT2D eigenvalue weighted by Gasteiger charge is -2.44. The maximum absolute atomic E-state index is 10.5. The Morgan fingerprint density at radius 2 is 1.90 bits per heavy atom. The molecule has 5 unspecified atom stereocenters. The molecule has 1 saturated heterocycles. The summed E-state index contributed by atoms with van der Waals surface area (Å²) in [5.41, 5.74) is 3.60. The molecular weight excluding hydrogens is 388 g/mol. The molecule has 0 aromatic heterocycles. The number of hydrogen-bond acceptors (Lipinski definition) is 4. The average molecular weight is 429 g/mol. The van der Waals surface area contributed by atoms with Gasteiger partial charge in [0.15, 0.2) is 0 Å². The second kappa shape index (κ2) is 8.13. The Kier molecular flexibility index (Phi) is 5.74. The topological polar surface area (TPSA) is 73.2 Å². The molecule has 5 fully saturated rings. The summed E-state index contributed by atoms with van der Waals surface area (Å²) >= 11 is 0. The van der Waals surface area contributed by atoms with Gasteiger partial charge in [-0.3, -0.25) is 0 Å². The van der Waals surface area contributed by atoms with Gasteiger partial charge >= 0.3 is 0 Å². The first kappa shape index (κ1) is 21.9. The van der Waals surface area contributed by atoms with Crippen molar-refractivity contribution in [1.29, 1.82) is 0 Å². The predicted molar refractivity (Wildman–Crippen MR) is 121 cm³/mol. The van der Waals surface area contributed by atoms with Crippen LogP contribution in [0.4, 0.5) is 0 Å². The SMILES string of the molecule is C=C1/C(=C/C=C2/CCC[C@@]3(C)C2CC[C@@H]3C(C)C2OC2C(O)C2CC2)C[C@@H](O)C[C@@H]1O. The number of allylic oxidation sites excluding steroid dienone is 3. The summed E-state index contributed by atoms with van der Waals surface area (Å²) in [6.07, 6.45) is 12.8. The smallest absolute Gasteiger partial charge is 0.111 e. The molecule has 3 N–H and O–H groups in total. The molecule has 4 heteroatoms. The van der Waals surface area contributed by atoms with Gasteiger partial charge in [-0.05, 0) is 91.6 Å². The van der Waals surface area contributed by atoms with E-state index in [1.54, 1.807) is 0 Å². The third kappa shape index (κ3) is 3.99. The quantitative estimate of drug-likeness (QED) is 0.571. The molecule has 4 aliphatic carbocycles.